The number of hydrogen-bond donors (Lipinski definition) is 2. The van der Waals surface area contributed by atoms with Crippen molar-refractivity contribution in [1.82, 2.24) is 10.6 Å². The first-order chi connectivity index (χ1) is 10.5. The molecule has 116 valence electrons. The van der Waals surface area contributed by atoms with Crippen molar-refractivity contribution in [2.24, 2.45) is 5.92 Å². The van der Waals surface area contributed by atoms with Gasteiger partial charge >= 0.3 is 5.97 Å². The van der Waals surface area contributed by atoms with E-state index in [4.69, 9.17) is 17.0 Å². The van der Waals surface area contributed by atoms with Crippen LogP contribution < -0.4 is 10.6 Å². The topological polar surface area (TPSA) is 50.4 Å². The Morgan fingerprint density at radius 1 is 1.32 bits per heavy atom. The Bertz CT molecular complexity index is 621. The molecule has 5 heteroatoms. The van der Waals surface area contributed by atoms with Crippen molar-refractivity contribution in [2.75, 3.05) is 7.11 Å². The lowest BCUT2D eigenvalue weighted by atomic mass is 9.95. The molecule has 0 saturated carbocycles. The molecule has 1 heterocycles. The Morgan fingerprint density at radius 2 is 2.00 bits per heavy atom. The number of carbonyl (C=O) groups excluding carboxylic acids is 1. The van der Waals surface area contributed by atoms with Crippen molar-refractivity contribution in [1.29, 1.82) is 0 Å². The SMILES string of the molecule is COC(=O)C1=C(C(C)C)NC(=S)N[C@H]1/C=C/c1ccccc1. The second-order valence-electron chi connectivity index (χ2n) is 5.32. The summed E-state index contributed by atoms with van der Waals surface area (Å²) in [4.78, 5) is 12.2. The number of carbonyl (C=O) groups is 1. The van der Waals surface area contributed by atoms with Crippen molar-refractivity contribution in [3.05, 3.63) is 53.2 Å². The summed E-state index contributed by atoms with van der Waals surface area (Å²) in [6.07, 6.45) is 3.89. The highest BCUT2D eigenvalue weighted by Crippen LogP contribution is 2.21. The van der Waals surface area contributed by atoms with E-state index in [-0.39, 0.29) is 17.9 Å². The summed E-state index contributed by atoms with van der Waals surface area (Å²) in [7, 11) is 1.39. The zero-order valence-electron chi connectivity index (χ0n) is 12.9. The number of methoxy groups -OCH3 is 1. The second-order valence-corrected chi connectivity index (χ2v) is 5.73. The van der Waals surface area contributed by atoms with Gasteiger partial charge in [-0.25, -0.2) is 4.79 Å². The van der Waals surface area contributed by atoms with E-state index in [2.05, 4.69) is 10.6 Å². The van der Waals surface area contributed by atoms with Gasteiger partial charge in [0, 0.05) is 5.70 Å². The largest absolute Gasteiger partial charge is 0.466 e. The molecule has 0 fully saturated rings. The van der Waals surface area contributed by atoms with Crippen molar-refractivity contribution in [3.8, 4) is 0 Å². The van der Waals surface area contributed by atoms with E-state index in [1.165, 1.54) is 7.11 Å². The summed E-state index contributed by atoms with van der Waals surface area (Å²) in [5.41, 5.74) is 2.43. The van der Waals surface area contributed by atoms with E-state index in [0.29, 0.717) is 10.7 Å². The van der Waals surface area contributed by atoms with Gasteiger partial charge in [-0.15, -0.1) is 0 Å². The lowest BCUT2D eigenvalue weighted by molar-refractivity contribution is -0.136. The molecule has 0 unspecified atom stereocenters. The van der Waals surface area contributed by atoms with Crippen LogP contribution in [0.3, 0.4) is 0 Å². The number of allylic oxidation sites excluding steroid dienone is 1. The van der Waals surface area contributed by atoms with E-state index in [1.54, 1.807) is 0 Å². The van der Waals surface area contributed by atoms with Gasteiger partial charge in [-0.05, 0) is 23.7 Å². The van der Waals surface area contributed by atoms with Crippen LogP contribution in [-0.4, -0.2) is 24.2 Å². The Balaban J connectivity index is 2.38. The van der Waals surface area contributed by atoms with Gasteiger partial charge < -0.3 is 15.4 Å². The van der Waals surface area contributed by atoms with Gasteiger partial charge in [0.15, 0.2) is 5.11 Å². The average molecular weight is 316 g/mol. The smallest absolute Gasteiger partial charge is 0.337 e. The molecule has 1 aliphatic rings. The molecule has 1 atom stereocenters. The third-order valence-corrected chi connectivity index (χ3v) is 3.62. The van der Waals surface area contributed by atoms with Gasteiger partial charge in [-0.1, -0.05) is 56.3 Å². The molecule has 0 aliphatic carbocycles. The molecule has 2 rings (SSSR count). The molecular weight excluding hydrogens is 296 g/mol. The average Bonchev–Trinajstić information content (AvgIpc) is 2.52. The summed E-state index contributed by atoms with van der Waals surface area (Å²) in [5.74, 6) is -0.212. The molecule has 4 nitrogen and oxygen atoms in total. The molecule has 0 bridgehead atoms. The number of nitrogens with one attached hydrogen (secondary N) is 2. The number of rotatable bonds is 4. The lowest BCUT2D eigenvalue weighted by Crippen LogP contribution is -2.50. The third-order valence-electron chi connectivity index (χ3n) is 3.40. The maximum atomic E-state index is 12.2. The van der Waals surface area contributed by atoms with Crippen LogP contribution in [-0.2, 0) is 9.53 Å². The number of ether oxygens (including phenoxy) is 1. The zero-order chi connectivity index (χ0) is 16.1. The predicted molar refractivity (Wildman–Crippen MR) is 92.0 cm³/mol. The minimum Gasteiger partial charge on any atom is -0.466 e. The monoisotopic (exact) mass is 316 g/mol. The van der Waals surface area contributed by atoms with Crippen LogP contribution in [0.2, 0.25) is 0 Å². The van der Waals surface area contributed by atoms with Crippen LogP contribution in [0.5, 0.6) is 0 Å². The van der Waals surface area contributed by atoms with Gasteiger partial charge in [-0.2, -0.15) is 0 Å². The van der Waals surface area contributed by atoms with Crippen LogP contribution in [0.15, 0.2) is 47.7 Å². The van der Waals surface area contributed by atoms with Crippen LogP contribution in [0.1, 0.15) is 19.4 Å². The van der Waals surface area contributed by atoms with E-state index in [0.717, 1.165) is 11.3 Å². The van der Waals surface area contributed by atoms with E-state index < -0.39 is 0 Å². The molecule has 2 N–H and O–H groups in total. The minimum absolute atomic E-state index is 0.141. The van der Waals surface area contributed by atoms with Crippen LogP contribution in [0.25, 0.3) is 6.08 Å². The summed E-state index contributed by atoms with van der Waals surface area (Å²) >= 11 is 5.24. The normalized spacial score (nSPS) is 18.4. The van der Waals surface area contributed by atoms with Crippen LogP contribution >= 0.6 is 12.2 Å². The number of thiocarbonyl (C=S) groups is 1. The molecule has 0 radical (unpaired) electrons. The molecule has 0 spiro atoms. The van der Waals surface area contributed by atoms with Gasteiger partial charge in [0.05, 0.1) is 18.7 Å². The van der Waals surface area contributed by atoms with Crippen LogP contribution in [0.4, 0.5) is 0 Å². The van der Waals surface area contributed by atoms with Crippen molar-refractivity contribution >= 4 is 29.4 Å². The minimum atomic E-state index is -0.353. The van der Waals surface area contributed by atoms with Gasteiger partial charge in [0.1, 0.15) is 0 Å². The fourth-order valence-corrected chi connectivity index (χ4v) is 2.56. The highest BCUT2D eigenvalue weighted by molar-refractivity contribution is 7.80. The quantitative estimate of drug-likeness (QED) is 0.660. The highest BCUT2D eigenvalue weighted by Gasteiger charge is 2.30. The van der Waals surface area contributed by atoms with E-state index in [9.17, 15) is 4.79 Å². The first-order valence-corrected chi connectivity index (χ1v) is 7.57. The molecule has 0 aromatic heterocycles. The van der Waals surface area contributed by atoms with Crippen LogP contribution in [0, 0.1) is 5.92 Å². The zero-order valence-corrected chi connectivity index (χ0v) is 13.7. The maximum absolute atomic E-state index is 12.2. The highest BCUT2D eigenvalue weighted by atomic mass is 32.1. The molecule has 1 aromatic rings. The van der Waals surface area contributed by atoms with Gasteiger partial charge in [0.2, 0.25) is 0 Å². The summed E-state index contributed by atoms with van der Waals surface area (Å²) in [6.45, 7) is 4.02. The Kier molecular flexibility index (Phi) is 5.33. The maximum Gasteiger partial charge on any atom is 0.337 e. The first-order valence-electron chi connectivity index (χ1n) is 7.16. The van der Waals surface area contributed by atoms with E-state index in [1.807, 2.05) is 56.3 Å². The number of esters is 1. The molecule has 0 amide bonds. The molecular formula is C17H20N2O2S. The molecule has 22 heavy (non-hydrogen) atoms. The fraction of sp³-hybridized carbons (Fsp3) is 0.294. The summed E-state index contributed by atoms with van der Waals surface area (Å²) < 4.78 is 4.93. The third kappa shape index (κ3) is 3.74. The predicted octanol–water partition coefficient (Wildman–Crippen LogP) is 2.63. The first kappa shape index (κ1) is 16.2. The van der Waals surface area contributed by atoms with Crippen molar-refractivity contribution < 1.29 is 9.53 Å². The van der Waals surface area contributed by atoms with Crippen molar-refractivity contribution in [3.63, 3.8) is 0 Å². The second kappa shape index (κ2) is 7.22. The Morgan fingerprint density at radius 3 is 2.59 bits per heavy atom. The van der Waals surface area contributed by atoms with Gasteiger partial charge in [0.25, 0.3) is 0 Å². The summed E-state index contributed by atoms with van der Waals surface area (Å²) in [5, 5.41) is 6.70. The lowest BCUT2D eigenvalue weighted by Gasteiger charge is -2.30. The molecule has 1 aliphatic heterocycles. The number of hydrogen-bond acceptors (Lipinski definition) is 3. The standard InChI is InChI=1S/C17H20N2O2S/c1-11(2)15-14(16(20)21-3)13(18-17(22)19-15)10-9-12-7-5-4-6-8-12/h4-11,13H,1-3H3,(H2,18,19,22)/b10-9+/t13-/m0/s1. The fourth-order valence-electron chi connectivity index (χ4n) is 2.32. The Hall–Kier alpha value is -2.14. The van der Waals surface area contributed by atoms with Gasteiger partial charge in [-0.3, -0.25) is 0 Å². The molecule has 0 saturated heterocycles. The molecule has 1 aromatic carbocycles. The number of benzene rings is 1. The summed E-state index contributed by atoms with van der Waals surface area (Å²) in [6, 6.07) is 9.60. The van der Waals surface area contributed by atoms with E-state index >= 15 is 0 Å². The Labute approximate surface area is 136 Å². The van der Waals surface area contributed by atoms with Crippen molar-refractivity contribution in [2.45, 2.75) is 19.9 Å².